The molecule has 0 bridgehead atoms. The Kier molecular flexibility index (Phi) is 66.5. The number of carboxylic acid groups (broad SMARTS) is 1. The van der Waals surface area contributed by atoms with Crippen molar-refractivity contribution < 1.29 is 42.9 Å². The Morgan fingerprint density at radius 3 is 0.860 bits per heavy atom. The molecule has 0 saturated heterocycles. The zero-order valence-electron chi connectivity index (χ0n) is 59.1. The van der Waals surface area contributed by atoms with Gasteiger partial charge in [-0.1, -0.05) is 284 Å². The SMILES string of the molecule is CC/C=C\C/C=C\C/C=C\C/C=C\C/C=C\C/C=C\C/C=C\C/C=C\C/C=C\C/C=C\C/C=C\C/C=C\CCCCCCC(=O)OC(COC(=O)CCCCCCCCCC/C=C\C/C=C\C/C=C\C/C=C\C/C=C\C/C=C\CC)COC(OCC[N+](C)(C)C)C(=O)O. The molecule has 0 spiro atoms. The van der Waals surface area contributed by atoms with Gasteiger partial charge in [0, 0.05) is 12.8 Å². The van der Waals surface area contributed by atoms with Crippen molar-refractivity contribution in [2.75, 3.05) is 47.5 Å². The van der Waals surface area contributed by atoms with E-state index in [-0.39, 0.29) is 38.6 Å². The molecule has 0 radical (unpaired) electrons. The first kappa shape index (κ1) is 86.6. The lowest BCUT2D eigenvalue weighted by Gasteiger charge is -2.25. The third kappa shape index (κ3) is 72.9. The minimum Gasteiger partial charge on any atom is -0.477 e. The van der Waals surface area contributed by atoms with Gasteiger partial charge >= 0.3 is 17.9 Å². The van der Waals surface area contributed by atoms with Gasteiger partial charge in [0.05, 0.1) is 34.4 Å². The highest BCUT2D eigenvalue weighted by Gasteiger charge is 2.25. The Hall–Kier alpha value is -6.39. The number of allylic oxidation sites excluding steroid dienone is 36. The summed E-state index contributed by atoms with van der Waals surface area (Å²) in [6.45, 7) is 4.58. The second-order valence-electron chi connectivity index (χ2n) is 24.1. The van der Waals surface area contributed by atoms with E-state index in [1.54, 1.807) is 0 Å². The lowest BCUT2D eigenvalue weighted by molar-refractivity contribution is -0.870. The van der Waals surface area contributed by atoms with Crippen molar-refractivity contribution in [2.24, 2.45) is 0 Å². The van der Waals surface area contributed by atoms with E-state index < -0.39 is 24.3 Å². The van der Waals surface area contributed by atoms with E-state index in [9.17, 15) is 19.5 Å². The van der Waals surface area contributed by atoms with Gasteiger partial charge in [-0.25, -0.2) is 4.79 Å². The number of rotatable bonds is 63. The molecule has 0 rings (SSSR count). The number of aliphatic carboxylic acids is 1. The summed E-state index contributed by atoms with van der Waals surface area (Å²) in [4.78, 5) is 37.6. The van der Waals surface area contributed by atoms with E-state index in [0.29, 0.717) is 17.4 Å². The summed E-state index contributed by atoms with van der Waals surface area (Å²) < 4.78 is 22.9. The molecule has 0 aromatic heterocycles. The number of esters is 2. The molecule has 9 nitrogen and oxygen atoms in total. The van der Waals surface area contributed by atoms with Gasteiger partial charge in [0.25, 0.3) is 6.29 Å². The van der Waals surface area contributed by atoms with Crippen molar-refractivity contribution in [3.63, 3.8) is 0 Å². The number of carboxylic acids is 1. The topological polar surface area (TPSA) is 108 Å². The molecule has 1 N–H and O–H groups in total. The predicted molar refractivity (Wildman–Crippen MR) is 400 cm³/mol. The number of carbonyl (C=O) groups excluding carboxylic acids is 2. The second kappa shape index (κ2) is 71.5. The number of quaternary nitrogens is 1. The van der Waals surface area contributed by atoms with Gasteiger partial charge in [-0.15, -0.1) is 0 Å². The first-order chi connectivity index (χ1) is 45.6. The van der Waals surface area contributed by atoms with E-state index in [1.165, 1.54) is 25.7 Å². The lowest BCUT2D eigenvalue weighted by Crippen LogP contribution is -2.40. The van der Waals surface area contributed by atoms with Crippen LogP contribution in [0, 0.1) is 0 Å². The van der Waals surface area contributed by atoms with Crippen LogP contribution in [0.1, 0.15) is 232 Å². The van der Waals surface area contributed by atoms with Gasteiger partial charge in [-0.2, -0.15) is 0 Å². The van der Waals surface area contributed by atoms with Crippen LogP contribution in [0.25, 0.3) is 0 Å². The first-order valence-electron chi connectivity index (χ1n) is 35.9. The van der Waals surface area contributed by atoms with E-state index in [1.807, 2.05) is 21.1 Å². The molecule has 0 aliphatic carbocycles. The van der Waals surface area contributed by atoms with Gasteiger partial charge in [-0.05, 0) is 154 Å². The maximum atomic E-state index is 12.9. The Labute approximate surface area is 568 Å². The molecule has 0 aliphatic rings. The summed E-state index contributed by atoms with van der Waals surface area (Å²) in [7, 11) is 5.95. The number of unbranched alkanes of at least 4 members (excludes halogenated alkanes) is 12. The summed E-state index contributed by atoms with van der Waals surface area (Å²) in [6.07, 6.45) is 110. The van der Waals surface area contributed by atoms with Crippen molar-refractivity contribution in [1.29, 1.82) is 0 Å². The van der Waals surface area contributed by atoms with Gasteiger partial charge < -0.3 is 28.5 Å². The van der Waals surface area contributed by atoms with E-state index >= 15 is 0 Å². The highest BCUT2D eigenvalue weighted by molar-refractivity contribution is 5.71. The van der Waals surface area contributed by atoms with Gasteiger partial charge in [0.15, 0.2) is 6.10 Å². The fourth-order valence-corrected chi connectivity index (χ4v) is 8.82. The highest BCUT2D eigenvalue weighted by atomic mass is 16.7. The maximum Gasteiger partial charge on any atom is 0.361 e. The van der Waals surface area contributed by atoms with Crippen LogP contribution in [0.3, 0.4) is 0 Å². The molecule has 518 valence electrons. The third-order valence-electron chi connectivity index (χ3n) is 14.2. The Bertz CT molecular complexity index is 2330. The van der Waals surface area contributed by atoms with E-state index in [4.69, 9.17) is 18.9 Å². The average Bonchev–Trinajstić information content (AvgIpc) is 3.38. The molecule has 0 amide bonds. The zero-order chi connectivity index (χ0) is 67.5. The van der Waals surface area contributed by atoms with Crippen molar-refractivity contribution in [1.82, 2.24) is 0 Å². The Balaban J connectivity index is 4.28. The van der Waals surface area contributed by atoms with Crippen LogP contribution in [-0.4, -0.2) is 87.4 Å². The van der Waals surface area contributed by atoms with Gasteiger partial charge in [0.1, 0.15) is 13.2 Å². The number of ether oxygens (including phenoxy) is 4. The number of nitrogens with zero attached hydrogens (tertiary/aromatic N) is 1. The van der Waals surface area contributed by atoms with Gasteiger partial charge in [-0.3, -0.25) is 9.59 Å². The molecule has 0 aromatic carbocycles. The monoisotopic (exact) mass is 1280 g/mol. The third-order valence-corrected chi connectivity index (χ3v) is 14.2. The van der Waals surface area contributed by atoms with Crippen LogP contribution in [0.15, 0.2) is 219 Å². The first-order valence-corrected chi connectivity index (χ1v) is 35.9. The van der Waals surface area contributed by atoms with Crippen molar-refractivity contribution in [3.05, 3.63) is 219 Å². The van der Waals surface area contributed by atoms with E-state index in [2.05, 4.69) is 233 Å². The number of carbonyl (C=O) groups is 3. The summed E-state index contributed by atoms with van der Waals surface area (Å²) in [6, 6.07) is 0. The summed E-state index contributed by atoms with van der Waals surface area (Å²) >= 11 is 0. The van der Waals surface area contributed by atoms with Crippen LogP contribution in [0.5, 0.6) is 0 Å². The molecule has 93 heavy (non-hydrogen) atoms. The van der Waals surface area contributed by atoms with Crippen LogP contribution < -0.4 is 0 Å². The summed E-state index contributed by atoms with van der Waals surface area (Å²) in [5, 5.41) is 9.75. The average molecular weight is 1280 g/mol. The quantitative estimate of drug-likeness (QED) is 0.0211. The molecule has 0 saturated carbocycles. The summed E-state index contributed by atoms with van der Waals surface area (Å²) in [5.74, 6) is -2.08. The fraction of sp³-hybridized carbons (Fsp3) is 0.536. The smallest absolute Gasteiger partial charge is 0.361 e. The fourth-order valence-electron chi connectivity index (χ4n) is 8.82. The predicted octanol–water partition coefficient (Wildman–Crippen LogP) is 22.9. The highest BCUT2D eigenvalue weighted by Crippen LogP contribution is 2.14. The van der Waals surface area contributed by atoms with Gasteiger partial charge in [0.2, 0.25) is 0 Å². The number of likely N-dealkylation sites (N-methyl/N-ethyl adjacent to an activating group) is 1. The molecule has 2 unspecified atom stereocenters. The van der Waals surface area contributed by atoms with Crippen LogP contribution in [-0.2, 0) is 33.3 Å². The van der Waals surface area contributed by atoms with Crippen LogP contribution >= 0.6 is 0 Å². The summed E-state index contributed by atoms with van der Waals surface area (Å²) in [5.41, 5.74) is 0. The molecule has 0 heterocycles. The van der Waals surface area contributed by atoms with Crippen molar-refractivity contribution >= 4 is 17.9 Å². The minimum absolute atomic E-state index is 0.168. The van der Waals surface area contributed by atoms with E-state index in [0.717, 1.165) is 173 Å². The maximum absolute atomic E-state index is 12.9. The molecule has 0 aliphatic heterocycles. The van der Waals surface area contributed by atoms with Crippen molar-refractivity contribution in [3.8, 4) is 0 Å². The van der Waals surface area contributed by atoms with Crippen molar-refractivity contribution in [2.45, 2.75) is 245 Å². The number of hydrogen-bond donors (Lipinski definition) is 1. The zero-order valence-corrected chi connectivity index (χ0v) is 59.1. The molecular formula is C84H130NO8+. The second-order valence-corrected chi connectivity index (χ2v) is 24.1. The van der Waals surface area contributed by atoms with Crippen LogP contribution in [0.4, 0.5) is 0 Å². The molecular weight excluding hydrogens is 1150 g/mol. The largest absolute Gasteiger partial charge is 0.477 e. The van der Waals surface area contributed by atoms with Crippen LogP contribution in [0.2, 0.25) is 0 Å². The number of hydrogen-bond acceptors (Lipinski definition) is 7. The lowest BCUT2D eigenvalue weighted by atomic mass is 10.1. The molecule has 0 aromatic rings. The Morgan fingerprint density at radius 1 is 0.323 bits per heavy atom. The Morgan fingerprint density at radius 2 is 0.581 bits per heavy atom. The molecule has 2 atom stereocenters. The minimum atomic E-state index is -1.54. The standard InChI is InChI=1S/C84H129NO8/c1-6-8-10-12-14-16-18-20-22-24-26-28-30-32-34-35-36-37-38-39-40-41-42-43-44-45-46-47-49-51-53-55-57-59-61-63-65-67-69-71-73-75-82(87)93-80(79-92-84(83(88)89)90-77-76-85(3,4)5)78-91-81(86)74-72-70-68-66-64-62-60-58-56-54-52-50-48-33-31-29-27-25-23-21-19-17-15-13-11-9-7-2/h8-11,14-17,20-23,26-29,32-34,36-37,39-40,42-43,45-46,48-49,51-52,54-55,57,61,63,80,84H,6-7,12-13,18-19,24-25,30-31,35,38,41,44,47,50,53,56,58-60,62,64-79H2,1-5H3/p+1/b10-8-,11-9-,16-14-,17-15-,22-20-,23-21-,28-26-,29-27-,34-32-,37-36-,40-39-,43-42-,46-45-,48-33-,51-49-,54-52-,57-55-,63-61-. The normalized spacial score (nSPS) is 14.0. The molecule has 0 fully saturated rings. The molecule has 9 heteroatoms.